The summed E-state index contributed by atoms with van der Waals surface area (Å²) in [6.07, 6.45) is 1.77. The summed E-state index contributed by atoms with van der Waals surface area (Å²) in [5.41, 5.74) is 11.5. The van der Waals surface area contributed by atoms with Crippen molar-refractivity contribution in [1.29, 1.82) is 0 Å². The number of rotatable bonds is 6. The fourth-order valence-electron chi connectivity index (χ4n) is 0.408. The molecule has 13 heavy (non-hydrogen) atoms. The third kappa shape index (κ3) is 5.62. The summed E-state index contributed by atoms with van der Waals surface area (Å²) < 4.78 is 0.103. The van der Waals surface area contributed by atoms with Crippen molar-refractivity contribution in [3.63, 3.8) is 0 Å². The summed E-state index contributed by atoms with van der Waals surface area (Å²) in [6.45, 7) is 9.96. The van der Waals surface area contributed by atoms with Gasteiger partial charge in [-0.3, -0.25) is 0 Å². The molecular weight excluding hydrogens is 200 g/mol. The van der Waals surface area contributed by atoms with Crippen molar-refractivity contribution in [1.82, 2.24) is 0 Å². The van der Waals surface area contributed by atoms with E-state index in [2.05, 4.69) is 20.4 Å². The van der Waals surface area contributed by atoms with Gasteiger partial charge in [0.25, 0.3) is 0 Å². The van der Waals surface area contributed by atoms with Gasteiger partial charge in [0.2, 0.25) is 0 Å². The minimum absolute atomic E-state index is 0.0846. The highest BCUT2D eigenvalue weighted by Gasteiger charge is 2.23. The van der Waals surface area contributed by atoms with E-state index in [9.17, 15) is 0 Å². The van der Waals surface area contributed by atoms with Crippen LogP contribution in [-0.2, 0) is 0 Å². The van der Waals surface area contributed by atoms with Gasteiger partial charge in [0.15, 0.2) is 0 Å². The molecule has 2 nitrogen and oxygen atoms in total. The zero-order valence-corrected chi connectivity index (χ0v) is 10.3. The molecule has 0 bridgehead atoms. The van der Waals surface area contributed by atoms with E-state index in [0.29, 0.717) is 0 Å². The third-order valence-electron chi connectivity index (χ3n) is 1.93. The van der Waals surface area contributed by atoms with Crippen molar-refractivity contribution in [3.05, 3.63) is 12.7 Å². The van der Waals surface area contributed by atoms with E-state index in [1.165, 1.54) is 0 Å². The number of nitrogens with two attached hydrogens (primary N) is 2. The highest BCUT2D eigenvalue weighted by atomic mass is 33.1. The van der Waals surface area contributed by atoms with Gasteiger partial charge in [0.05, 0.1) is 0 Å². The van der Waals surface area contributed by atoms with E-state index >= 15 is 0 Å². The Morgan fingerprint density at radius 3 is 2.38 bits per heavy atom. The molecule has 0 rings (SSSR count). The quantitative estimate of drug-likeness (QED) is 0.531. The Morgan fingerprint density at radius 1 is 1.46 bits per heavy atom. The molecule has 0 radical (unpaired) electrons. The van der Waals surface area contributed by atoms with Crippen LogP contribution in [0.4, 0.5) is 0 Å². The third-order valence-corrected chi connectivity index (χ3v) is 5.42. The van der Waals surface area contributed by atoms with Crippen LogP contribution in [0.5, 0.6) is 0 Å². The second kappa shape index (κ2) is 5.96. The maximum Gasteiger partial charge on any atom is 0.0355 e. The van der Waals surface area contributed by atoms with Crippen molar-refractivity contribution >= 4 is 21.6 Å². The molecular formula is C9H20N2S2. The lowest BCUT2D eigenvalue weighted by atomic mass is 10.1. The monoisotopic (exact) mass is 220 g/mol. The molecule has 0 aliphatic heterocycles. The summed E-state index contributed by atoms with van der Waals surface area (Å²) in [5, 5.41) is 0. The van der Waals surface area contributed by atoms with E-state index in [1.54, 1.807) is 27.7 Å². The van der Waals surface area contributed by atoms with Crippen molar-refractivity contribution in [3.8, 4) is 0 Å². The molecule has 4 heteroatoms. The van der Waals surface area contributed by atoms with Gasteiger partial charge < -0.3 is 11.5 Å². The minimum atomic E-state index is 0.0846. The Balaban J connectivity index is 3.69. The van der Waals surface area contributed by atoms with Crippen molar-refractivity contribution in [2.45, 2.75) is 37.6 Å². The van der Waals surface area contributed by atoms with Crippen LogP contribution in [0.1, 0.15) is 20.8 Å². The second-order valence-corrected chi connectivity index (χ2v) is 6.65. The standard InChI is InChI=1S/C9H20N2S2/c1-5-8(11)6-12-13-9(3,4)7(2)10/h5,7-8H,1,6,10-11H2,2-4H3/t7-,8-/m1/s1. The fourth-order valence-corrected chi connectivity index (χ4v) is 3.27. The number of hydrogen-bond acceptors (Lipinski definition) is 4. The van der Waals surface area contributed by atoms with Crippen LogP contribution < -0.4 is 11.5 Å². The first-order valence-corrected chi connectivity index (χ1v) is 6.66. The predicted molar refractivity (Wildman–Crippen MR) is 65.9 cm³/mol. The summed E-state index contributed by atoms with van der Waals surface area (Å²) >= 11 is 0. The molecule has 0 amide bonds. The van der Waals surface area contributed by atoms with E-state index in [0.717, 1.165) is 5.75 Å². The zero-order chi connectivity index (χ0) is 10.5. The molecule has 0 aliphatic rings. The predicted octanol–water partition coefficient (Wildman–Crippen LogP) is 2.01. The SMILES string of the molecule is C=C[C@@H](N)CSSC(C)(C)[C@@H](C)N. The van der Waals surface area contributed by atoms with E-state index < -0.39 is 0 Å². The molecule has 0 spiro atoms. The average molecular weight is 220 g/mol. The van der Waals surface area contributed by atoms with Crippen molar-refractivity contribution in [2.24, 2.45) is 11.5 Å². The maximum absolute atomic E-state index is 5.83. The highest BCUT2D eigenvalue weighted by Crippen LogP contribution is 2.37. The lowest BCUT2D eigenvalue weighted by molar-refractivity contribution is 0.581. The van der Waals surface area contributed by atoms with Gasteiger partial charge in [-0.25, -0.2) is 0 Å². The molecule has 0 aliphatic carbocycles. The van der Waals surface area contributed by atoms with Crippen LogP contribution in [0.25, 0.3) is 0 Å². The van der Waals surface area contributed by atoms with Gasteiger partial charge in [-0.15, -0.1) is 6.58 Å². The van der Waals surface area contributed by atoms with Crippen LogP contribution in [-0.4, -0.2) is 22.6 Å². The summed E-state index contributed by atoms with van der Waals surface area (Å²) in [4.78, 5) is 0. The molecule has 0 aromatic rings. The Bertz CT molecular complexity index is 158. The lowest BCUT2D eigenvalue weighted by Crippen LogP contribution is -2.37. The summed E-state index contributed by atoms with van der Waals surface area (Å²) in [7, 11) is 3.56. The Morgan fingerprint density at radius 2 is 2.00 bits per heavy atom. The van der Waals surface area contributed by atoms with Crippen LogP contribution in [0.3, 0.4) is 0 Å². The molecule has 0 aromatic carbocycles. The second-order valence-electron chi connectivity index (χ2n) is 3.66. The molecule has 0 fully saturated rings. The molecule has 78 valence electrons. The molecule has 0 heterocycles. The van der Waals surface area contributed by atoms with Gasteiger partial charge in [0.1, 0.15) is 0 Å². The van der Waals surface area contributed by atoms with Crippen LogP contribution in [0, 0.1) is 0 Å². The lowest BCUT2D eigenvalue weighted by Gasteiger charge is -2.27. The normalized spacial score (nSPS) is 16.7. The largest absolute Gasteiger partial charge is 0.327 e. The smallest absolute Gasteiger partial charge is 0.0355 e. The van der Waals surface area contributed by atoms with E-state index in [4.69, 9.17) is 11.5 Å². The van der Waals surface area contributed by atoms with Crippen LogP contribution >= 0.6 is 21.6 Å². The zero-order valence-electron chi connectivity index (χ0n) is 8.62. The van der Waals surface area contributed by atoms with Crippen molar-refractivity contribution < 1.29 is 0 Å². The van der Waals surface area contributed by atoms with E-state index in [1.807, 2.05) is 6.92 Å². The first-order valence-electron chi connectivity index (χ1n) is 4.34. The molecule has 0 saturated heterocycles. The summed E-state index contributed by atoms with van der Waals surface area (Å²) in [6, 6.07) is 0.270. The van der Waals surface area contributed by atoms with Gasteiger partial charge >= 0.3 is 0 Å². The molecule has 2 atom stereocenters. The Labute approximate surface area is 89.3 Å². The molecule has 0 saturated carbocycles. The van der Waals surface area contributed by atoms with E-state index in [-0.39, 0.29) is 16.8 Å². The van der Waals surface area contributed by atoms with Crippen LogP contribution in [0.2, 0.25) is 0 Å². The minimum Gasteiger partial charge on any atom is -0.327 e. The summed E-state index contributed by atoms with van der Waals surface area (Å²) in [5.74, 6) is 0.893. The van der Waals surface area contributed by atoms with Gasteiger partial charge in [-0.2, -0.15) is 0 Å². The first kappa shape index (κ1) is 13.4. The Kier molecular flexibility index (Phi) is 6.12. The van der Waals surface area contributed by atoms with Gasteiger partial charge in [-0.05, 0) is 20.8 Å². The van der Waals surface area contributed by atoms with Gasteiger partial charge in [-0.1, -0.05) is 27.7 Å². The van der Waals surface area contributed by atoms with Crippen molar-refractivity contribution in [2.75, 3.05) is 5.75 Å². The van der Waals surface area contributed by atoms with Crippen LogP contribution in [0.15, 0.2) is 12.7 Å². The first-order chi connectivity index (χ1) is 5.90. The molecule has 0 aromatic heterocycles. The highest BCUT2D eigenvalue weighted by molar-refractivity contribution is 8.77. The molecule has 0 unspecified atom stereocenters. The molecule has 4 N–H and O–H groups in total. The maximum atomic E-state index is 5.83. The Hall–Kier alpha value is 0.360. The van der Waals surface area contributed by atoms with Gasteiger partial charge in [0, 0.05) is 22.6 Å². The number of hydrogen-bond donors (Lipinski definition) is 2. The fraction of sp³-hybridized carbons (Fsp3) is 0.778. The topological polar surface area (TPSA) is 52.0 Å². The average Bonchev–Trinajstić information content (AvgIpc) is 2.03.